The number of hydrogen-bond donors (Lipinski definition) is 2. The first-order valence-electron chi connectivity index (χ1n) is 13.0. The number of carbonyl (C=O) groups is 3. The Labute approximate surface area is 218 Å². The highest BCUT2D eigenvalue weighted by molar-refractivity contribution is 5.97. The quantitative estimate of drug-likeness (QED) is 0.521. The van der Waals surface area contributed by atoms with Gasteiger partial charge < -0.3 is 20.3 Å². The Morgan fingerprint density at radius 1 is 0.947 bits per heavy atom. The van der Waals surface area contributed by atoms with Gasteiger partial charge in [0, 0.05) is 30.3 Å². The molecule has 2 N–H and O–H groups in total. The van der Waals surface area contributed by atoms with Crippen molar-refractivity contribution >= 4 is 23.4 Å². The number of rotatable bonds is 7. The molecule has 1 heterocycles. The molecule has 0 aromatic heterocycles. The third-order valence-corrected chi connectivity index (χ3v) is 7.91. The van der Waals surface area contributed by atoms with Crippen LogP contribution >= 0.6 is 0 Å². The number of carbonyl (C=O) groups excluding carboxylic acids is 3. The summed E-state index contributed by atoms with van der Waals surface area (Å²) in [7, 11) is 0. The van der Waals surface area contributed by atoms with Gasteiger partial charge in [0.2, 0.25) is 11.8 Å². The van der Waals surface area contributed by atoms with E-state index in [0.29, 0.717) is 12.2 Å². The van der Waals surface area contributed by atoms with Gasteiger partial charge in [-0.1, -0.05) is 25.0 Å². The summed E-state index contributed by atoms with van der Waals surface area (Å²) >= 11 is 0. The van der Waals surface area contributed by atoms with Crippen molar-refractivity contribution in [3.8, 4) is 5.75 Å². The number of ether oxygens (including phenoxy) is 1. The van der Waals surface area contributed by atoms with Crippen molar-refractivity contribution < 1.29 is 32.3 Å². The SMILES string of the molecule is O=C(NC1(c2ccc(NC(=O)C3CC(=O)N(C4CCCC4)C3)cc2)CCC1)c1ccc(OC(F)(F)F)cc1. The maximum absolute atomic E-state index is 12.9. The summed E-state index contributed by atoms with van der Waals surface area (Å²) in [6.45, 7) is 0.464. The molecule has 3 aliphatic rings. The summed E-state index contributed by atoms with van der Waals surface area (Å²) in [4.78, 5) is 40.0. The zero-order valence-corrected chi connectivity index (χ0v) is 20.9. The van der Waals surface area contributed by atoms with E-state index in [4.69, 9.17) is 0 Å². The van der Waals surface area contributed by atoms with E-state index < -0.39 is 23.6 Å². The van der Waals surface area contributed by atoms with E-state index in [1.165, 1.54) is 12.1 Å². The molecular weight excluding hydrogens is 499 g/mol. The Morgan fingerprint density at radius 2 is 1.61 bits per heavy atom. The van der Waals surface area contributed by atoms with Crippen LogP contribution in [0.25, 0.3) is 0 Å². The van der Waals surface area contributed by atoms with Gasteiger partial charge in [-0.2, -0.15) is 0 Å². The van der Waals surface area contributed by atoms with Crippen LogP contribution in [-0.2, 0) is 15.1 Å². The molecule has 0 spiro atoms. The summed E-state index contributed by atoms with van der Waals surface area (Å²) in [5, 5.41) is 5.96. The molecule has 10 heteroatoms. The minimum Gasteiger partial charge on any atom is -0.406 e. The zero-order chi connectivity index (χ0) is 26.9. The number of hydrogen-bond acceptors (Lipinski definition) is 4. The molecule has 2 saturated carbocycles. The Morgan fingerprint density at radius 3 is 2.18 bits per heavy atom. The van der Waals surface area contributed by atoms with Crippen LogP contribution in [0.4, 0.5) is 18.9 Å². The average molecular weight is 530 g/mol. The standard InChI is InChI=1S/C28H30F3N3O4/c29-28(30,31)38-23-12-6-18(7-13-23)26(37)33-27(14-3-15-27)20-8-10-21(11-9-20)32-25(36)19-16-24(35)34(17-19)22-4-1-2-5-22/h6-13,19,22H,1-5,14-17H2,(H,32,36)(H,33,37). The van der Waals surface area contributed by atoms with Crippen molar-refractivity contribution in [2.45, 2.75) is 69.3 Å². The van der Waals surface area contributed by atoms with Gasteiger partial charge >= 0.3 is 6.36 Å². The molecule has 1 aliphatic heterocycles. The molecule has 0 radical (unpaired) electrons. The molecule has 0 bridgehead atoms. The van der Waals surface area contributed by atoms with E-state index in [0.717, 1.165) is 62.6 Å². The molecule has 2 aromatic carbocycles. The van der Waals surface area contributed by atoms with Gasteiger partial charge in [-0.3, -0.25) is 14.4 Å². The third kappa shape index (κ3) is 5.63. The van der Waals surface area contributed by atoms with E-state index >= 15 is 0 Å². The maximum atomic E-state index is 12.9. The maximum Gasteiger partial charge on any atom is 0.573 e. The Hall–Kier alpha value is -3.56. The molecule has 1 atom stereocenters. The highest BCUT2D eigenvalue weighted by atomic mass is 19.4. The first kappa shape index (κ1) is 26.1. The lowest BCUT2D eigenvalue weighted by Crippen LogP contribution is -2.50. The monoisotopic (exact) mass is 529 g/mol. The fraction of sp³-hybridized carbons (Fsp3) is 0.464. The Balaban J connectivity index is 1.19. The van der Waals surface area contributed by atoms with Gasteiger partial charge in [0.15, 0.2) is 0 Å². The molecular formula is C28H30F3N3O4. The van der Waals surface area contributed by atoms with Gasteiger partial charge in [0.1, 0.15) is 5.75 Å². The number of alkyl halides is 3. The smallest absolute Gasteiger partial charge is 0.406 e. The number of amides is 3. The van der Waals surface area contributed by atoms with Crippen molar-refractivity contribution in [1.29, 1.82) is 0 Å². The third-order valence-electron chi connectivity index (χ3n) is 7.91. The Kier molecular flexibility index (Phi) is 7.07. The van der Waals surface area contributed by atoms with E-state index in [1.807, 2.05) is 17.0 Å². The summed E-state index contributed by atoms with van der Waals surface area (Å²) in [5.74, 6) is -1.27. The fourth-order valence-corrected chi connectivity index (χ4v) is 5.71. The lowest BCUT2D eigenvalue weighted by molar-refractivity contribution is -0.274. The lowest BCUT2D eigenvalue weighted by Gasteiger charge is -2.43. The van der Waals surface area contributed by atoms with Crippen molar-refractivity contribution in [2.75, 3.05) is 11.9 Å². The zero-order valence-electron chi connectivity index (χ0n) is 20.9. The fourth-order valence-electron chi connectivity index (χ4n) is 5.71. The first-order chi connectivity index (χ1) is 18.1. The topological polar surface area (TPSA) is 87.7 Å². The minimum absolute atomic E-state index is 0.0533. The largest absolute Gasteiger partial charge is 0.573 e. The van der Waals surface area contributed by atoms with E-state index in [1.54, 1.807) is 12.1 Å². The van der Waals surface area contributed by atoms with E-state index in [2.05, 4.69) is 15.4 Å². The molecule has 3 fully saturated rings. The van der Waals surface area contributed by atoms with Crippen LogP contribution in [0.2, 0.25) is 0 Å². The molecule has 2 aliphatic carbocycles. The second-order valence-electron chi connectivity index (χ2n) is 10.4. The van der Waals surface area contributed by atoms with Gasteiger partial charge in [0.25, 0.3) is 5.91 Å². The number of anilines is 1. The second kappa shape index (κ2) is 10.3. The number of nitrogens with zero attached hydrogens (tertiary/aromatic N) is 1. The molecule has 38 heavy (non-hydrogen) atoms. The van der Waals surface area contributed by atoms with Crippen LogP contribution in [0.5, 0.6) is 5.75 Å². The summed E-state index contributed by atoms with van der Waals surface area (Å²) in [6.07, 6.45) is 2.08. The molecule has 2 aromatic rings. The predicted molar refractivity (Wildman–Crippen MR) is 133 cm³/mol. The minimum atomic E-state index is -4.80. The molecule has 3 amide bonds. The summed E-state index contributed by atoms with van der Waals surface area (Å²) in [6, 6.07) is 12.4. The van der Waals surface area contributed by atoms with Crippen LogP contribution in [0.3, 0.4) is 0 Å². The van der Waals surface area contributed by atoms with E-state index in [-0.39, 0.29) is 35.8 Å². The van der Waals surface area contributed by atoms with Crippen LogP contribution in [0, 0.1) is 5.92 Å². The van der Waals surface area contributed by atoms with Gasteiger partial charge in [0.05, 0.1) is 11.5 Å². The van der Waals surface area contributed by atoms with Crippen LogP contribution < -0.4 is 15.4 Å². The van der Waals surface area contributed by atoms with Crippen molar-refractivity contribution in [2.24, 2.45) is 5.92 Å². The molecule has 202 valence electrons. The highest BCUT2D eigenvalue weighted by Gasteiger charge is 2.41. The van der Waals surface area contributed by atoms with Crippen molar-refractivity contribution in [3.05, 3.63) is 59.7 Å². The highest BCUT2D eigenvalue weighted by Crippen LogP contribution is 2.42. The first-order valence-corrected chi connectivity index (χ1v) is 13.0. The van der Waals surface area contributed by atoms with Crippen molar-refractivity contribution in [1.82, 2.24) is 10.2 Å². The lowest BCUT2D eigenvalue weighted by atomic mass is 9.71. The summed E-state index contributed by atoms with van der Waals surface area (Å²) < 4.78 is 41.0. The summed E-state index contributed by atoms with van der Waals surface area (Å²) in [5.41, 5.74) is 1.15. The van der Waals surface area contributed by atoms with E-state index in [9.17, 15) is 27.6 Å². The number of halogens is 3. The van der Waals surface area contributed by atoms with Crippen LogP contribution in [-0.4, -0.2) is 41.6 Å². The molecule has 7 nitrogen and oxygen atoms in total. The van der Waals surface area contributed by atoms with Gasteiger partial charge in [-0.25, -0.2) is 0 Å². The predicted octanol–water partition coefficient (Wildman–Crippen LogP) is 5.12. The van der Waals surface area contributed by atoms with Gasteiger partial charge in [-0.15, -0.1) is 13.2 Å². The number of likely N-dealkylation sites (tertiary alicyclic amines) is 1. The van der Waals surface area contributed by atoms with Gasteiger partial charge in [-0.05, 0) is 74.1 Å². The number of benzene rings is 2. The second-order valence-corrected chi connectivity index (χ2v) is 10.4. The Bertz CT molecular complexity index is 1190. The van der Waals surface area contributed by atoms with Crippen LogP contribution in [0.15, 0.2) is 48.5 Å². The van der Waals surface area contributed by atoms with Crippen molar-refractivity contribution in [3.63, 3.8) is 0 Å². The molecule has 5 rings (SSSR count). The average Bonchev–Trinajstić information content (AvgIpc) is 3.51. The number of nitrogens with one attached hydrogen (secondary N) is 2. The normalized spacial score (nSPS) is 21.2. The molecule has 1 saturated heterocycles. The molecule has 1 unspecified atom stereocenters. The van der Waals surface area contributed by atoms with Crippen LogP contribution in [0.1, 0.15) is 67.3 Å².